The van der Waals surface area contributed by atoms with E-state index in [9.17, 15) is 4.79 Å². The third-order valence-electron chi connectivity index (χ3n) is 4.27. The van der Waals surface area contributed by atoms with Crippen LogP contribution in [-0.4, -0.2) is 51.1 Å². The fourth-order valence-corrected chi connectivity index (χ4v) is 2.59. The van der Waals surface area contributed by atoms with Crippen LogP contribution in [0.2, 0.25) is 0 Å². The van der Waals surface area contributed by atoms with Crippen LogP contribution in [0.4, 0.5) is 0 Å². The van der Waals surface area contributed by atoms with E-state index in [1.54, 1.807) is 26.1 Å². The van der Waals surface area contributed by atoms with E-state index in [0.29, 0.717) is 19.0 Å². The van der Waals surface area contributed by atoms with Gasteiger partial charge in [0.25, 0.3) is 0 Å². The molecule has 29 heavy (non-hydrogen) atoms. The summed E-state index contributed by atoms with van der Waals surface area (Å²) in [5.41, 5.74) is 3.54. The molecule has 6 nitrogen and oxygen atoms in total. The molecule has 158 valence electrons. The SMILES string of the molecule is COc1ccc(CCNC(=NCc2cccc(C)c2)NCC(=O)N(C)C)cc1.I. The maximum absolute atomic E-state index is 11.9. The summed E-state index contributed by atoms with van der Waals surface area (Å²) in [7, 11) is 5.14. The van der Waals surface area contributed by atoms with Gasteiger partial charge in [-0.05, 0) is 36.6 Å². The minimum Gasteiger partial charge on any atom is -0.497 e. The second kappa shape index (κ2) is 13.0. The number of ether oxygens (including phenoxy) is 1. The Morgan fingerprint density at radius 2 is 1.79 bits per heavy atom. The largest absolute Gasteiger partial charge is 0.497 e. The number of carbonyl (C=O) groups excluding carboxylic acids is 1. The Labute approximate surface area is 190 Å². The molecule has 0 saturated heterocycles. The molecule has 0 aliphatic heterocycles. The van der Waals surface area contributed by atoms with Gasteiger partial charge in [-0.15, -0.1) is 24.0 Å². The van der Waals surface area contributed by atoms with Gasteiger partial charge < -0.3 is 20.3 Å². The van der Waals surface area contributed by atoms with E-state index in [2.05, 4.69) is 40.7 Å². The zero-order valence-electron chi connectivity index (χ0n) is 17.6. The van der Waals surface area contributed by atoms with E-state index in [1.165, 1.54) is 11.1 Å². The van der Waals surface area contributed by atoms with Gasteiger partial charge in [0, 0.05) is 20.6 Å². The fourth-order valence-electron chi connectivity index (χ4n) is 2.59. The Kier molecular flexibility index (Phi) is 11.1. The number of aliphatic imine (C=N–C) groups is 1. The summed E-state index contributed by atoms with van der Waals surface area (Å²) in [6, 6.07) is 16.3. The number of benzene rings is 2. The van der Waals surface area contributed by atoms with Crippen molar-refractivity contribution in [2.45, 2.75) is 19.9 Å². The number of guanidine groups is 1. The van der Waals surface area contributed by atoms with Crippen molar-refractivity contribution in [2.75, 3.05) is 34.3 Å². The third-order valence-corrected chi connectivity index (χ3v) is 4.27. The highest BCUT2D eigenvalue weighted by Gasteiger charge is 2.06. The maximum atomic E-state index is 11.9. The predicted molar refractivity (Wildman–Crippen MR) is 129 cm³/mol. The first kappa shape index (κ1) is 24.7. The van der Waals surface area contributed by atoms with Crippen LogP contribution in [0.15, 0.2) is 53.5 Å². The smallest absolute Gasteiger partial charge is 0.241 e. The molecule has 2 aromatic carbocycles. The number of likely N-dealkylation sites (N-methyl/N-ethyl adjacent to an activating group) is 1. The monoisotopic (exact) mass is 510 g/mol. The molecule has 0 bridgehead atoms. The Balaban J connectivity index is 0.00000420. The van der Waals surface area contributed by atoms with Crippen LogP contribution < -0.4 is 15.4 Å². The van der Waals surface area contributed by atoms with E-state index < -0.39 is 0 Å². The molecule has 0 radical (unpaired) electrons. The molecule has 0 fully saturated rings. The van der Waals surface area contributed by atoms with Gasteiger partial charge in [0.15, 0.2) is 5.96 Å². The van der Waals surface area contributed by atoms with Crippen LogP contribution in [0.1, 0.15) is 16.7 Å². The number of methoxy groups -OCH3 is 1. The number of rotatable bonds is 8. The zero-order chi connectivity index (χ0) is 20.4. The third kappa shape index (κ3) is 9.17. The molecule has 0 spiro atoms. The minimum atomic E-state index is 0. The zero-order valence-corrected chi connectivity index (χ0v) is 19.9. The number of halogens is 1. The van der Waals surface area contributed by atoms with Crippen LogP contribution in [0.5, 0.6) is 5.75 Å². The molecule has 0 atom stereocenters. The molecule has 0 heterocycles. The number of nitrogens with one attached hydrogen (secondary N) is 2. The Morgan fingerprint density at radius 1 is 1.07 bits per heavy atom. The summed E-state index contributed by atoms with van der Waals surface area (Å²) in [4.78, 5) is 18.1. The standard InChI is InChI=1S/C22H30N4O2.HI/c1-17-6-5-7-19(14-17)15-24-22(25-16-21(27)26(2)3)23-13-12-18-8-10-20(28-4)11-9-18;/h5-11,14H,12-13,15-16H2,1-4H3,(H2,23,24,25);1H. The number of amides is 1. The number of aryl methyl sites for hydroxylation is 1. The molecule has 0 unspecified atom stereocenters. The summed E-state index contributed by atoms with van der Waals surface area (Å²) >= 11 is 0. The highest BCUT2D eigenvalue weighted by atomic mass is 127. The summed E-state index contributed by atoms with van der Waals surface area (Å²) in [6.45, 7) is 3.53. The van der Waals surface area contributed by atoms with Crippen molar-refractivity contribution in [3.63, 3.8) is 0 Å². The van der Waals surface area contributed by atoms with Crippen LogP contribution in [0, 0.1) is 6.92 Å². The van der Waals surface area contributed by atoms with Crippen molar-refractivity contribution in [1.82, 2.24) is 15.5 Å². The number of nitrogens with zero attached hydrogens (tertiary/aromatic N) is 2. The molecule has 1 amide bonds. The van der Waals surface area contributed by atoms with Crippen molar-refractivity contribution < 1.29 is 9.53 Å². The highest BCUT2D eigenvalue weighted by molar-refractivity contribution is 14.0. The highest BCUT2D eigenvalue weighted by Crippen LogP contribution is 2.11. The molecule has 0 aliphatic rings. The molecule has 0 aromatic heterocycles. The fraction of sp³-hybridized carbons (Fsp3) is 0.364. The lowest BCUT2D eigenvalue weighted by Gasteiger charge is -2.15. The number of hydrogen-bond acceptors (Lipinski definition) is 3. The van der Waals surface area contributed by atoms with Crippen molar-refractivity contribution >= 4 is 35.8 Å². The normalized spacial score (nSPS) is 10.7. The second-order valence-corrected chi connectivity index (χ2v) is 6.82. The molecular weight excluding hydrogens is 479 g/mol. The van der Waals surface area contributed by atoms with E-state index in [4.69, 9.17) is 4.74 Å². The van der Waals surface area contributed by atoms with Crippen LogP contribution in [0.25, 0.3) is 0 Å². The predicted octanol–water partition coefficient (Wildman–Crippen LogP) is 2.99. The van der Waals surface area contributed by atoms with Gasteiger partial charge in [0.1, 0.15) is 5.75 Å². The summed E-state index contributed by atoms with van der Waals surface area (Å²) < 4.78 is 5.19. The summed E-state index contributed by atoms with van der Waals surface area (Å²) in [5.74, 6) is 1.48. The van der Waals surface area contributed by atoms with E-state index >= 15 is 0 Å². The quantitative estimate of drug-likeness (QED) is 0.326. The topological polar surface area (TPSA) is 66.0 Å². The summed E-state index contributed by atoms with van der Waals surface area (Å²) in [6.07, 6.45) is 0.844. The lowest BCUT2D eigenvalue weighted by Crippen LogP contribution is -2.43. The van der Waals surface area contributed by atoms with E-state index in [0.717, 1.165) is 17.7 Å². The average Bonchev–Trinajstić information content (AvgIpc) is 2.69. The number of hydrogen-bond donors (Lipinski definition) is 2. The van der Waals surface area contributed by atoms with Gasteiger partial charge in [-0.1, -0.05) is 42.0 Å². The first-order chi connectivity index (χ1) is 13.5. The van der Waals surface area contributed by atoms with Gasteiger partial charge in [0.2, 0.25) is 5.91 Å². The summed E-state index contributed by atoms with van der Waals surface area (Å²) in [5, 5.41) is 6.43. The van der Waals surface area contributed by atoms with Crippen molar-refractivity contribution in [3.05, 3.63) is 65.2 Å². The molecule has 0 aliphatic carbocycles. The molecule has 2 N–H and O–H groups in total. The average molecular weight is 510 g/mol. The molecule has 7 heteroatoms. The van der Waals surface area contributed by atoms with Crippen molar-refractivity contribution in [3.8, 4) is 5.75 Å². The maximum Gasteiger partial charge on any atom is 0.241 e. The Bertz CT molecular complexity index is 792. The van der Waals surface area contributed by atoms with Crippen LogP contribution >= 0.6 is 24.0 Å². The molecular formula is C22H31IN4O2. The van der Waals surface area contributed by atoms with Crippen LogP contribution in [0.3, 0.4) is 0 Å². The lowest BCUT2D eigenvalue weighted by atomic mass is 10.1. The second-order valence-electron chi connectivity index (χ2n) is 6.82. The van der Waals surface area contributed by atoms with Gasteiger partial charge in [-0.3, -0.25) is 4.79 Å². The van der Waals surface area contributed by atoms with Gasteiger partial charge in [-0.25, -0.2) is 4.99 Å². The number of carbonyl (C=O) groups is 1. The van der Waals surface area contributed by atoms with Gasteiger partial charge in [-0.2, -0.15) is 0 Å². The first-order valence-electron chi connectivity index (χ1n) is 9.38. The van der Waals surface area contributed by atoms with Gasteiger partial charge in [0.05, 0.1) is 20.2 Å². The Hall–Kier alpha value is -2.29. The van der Waals surface area contributed by atoms with Crippen molar-refractivity contribution in [1.29, 1.82) is 0 Å². The lowest BCUT2D eigenvalue weighted by molar-refractivity contribution is -0.127. The molecule has 2 aromatic rings. The van der Waals surface area contributed by atoms with Crippen molar-refractivity contribution in [2.24, 2.45) is 4.99 Å². The van der Waals surface area contributed by atoms with Gasteiger partial charge >= 0.3 is 0 Å². The van der Waals surface area contributed by atoms with E-state index in [1.807, 2.05) is 30.3 Å². The Morgan fingerprint density at radius 3 is 2.41 bits per heavy atom. The minimum absolute atomic E-state index is 0. The molecule has 2 rings (SSSR count). The molecule has 0 saturated carbocycles. The van der Waals surface area contributed by atoms with E-state index in [-0.39, 0.29) is 36.4 Å². The van der Waals surface area contributed by atoms with Crippen LogP contribution in [-0.2, 0) is 17.8 Å². The first-order valence-corrected chi connectivity index (χ1v) is 9.38.